The Kier molecular flexibility index (Phi) is 3.14. The summed E-state index contributed by atoms with van der Waals surface area (Å²) in [5, 5.41) is 8.94. The van der Waals surface area contributed by atoms with E-state index in [-0.39, 0.29) is 18.0 Å². The van der Waals surface area contributed by atoms with E-state index in [4.69, 9.17) is 5.11 Å². The van der Waals surface area contributed by atoms with Gasteiger partial charge in [0.1, 0.15) is 5.82 Å². The number of hydrogen-bond acceptors (Lipinski definition) is 2. The van der Waals surface area contributed by atoms with Crippen molar-refractivity contribution in [1.29, 1.82) is 0 Å². The molecule has 1 N–H and O–H groups in total. The summed E-state index contributed by atoms with van der Waals surface area (Å²) in [4.78, 5) is 11.3. The third kappa shape index (κ3) is 2.95. The molecule has 0 bridgehead atoms. The number of ketones is 1. The second-order valence-corrected chi connectivity index (χ2v) is 2.98. The molecule has 0 spiro atoms. The molecule has 1 atom stereocenters. The SMILES string of the molecule is C[C@H](O)CC(=O)c1ccc(F)cc1. The fraction of sp³-hybridized carbons (Fsp3) is 0.300. The van der Waals surface area contributed by atoms with Crippen molar-refractivity contribution >= 4 is 5.78 Å². The minimum absolute atomic E-state index is 0.0750. The van der Waals surface area contributed by atoms with Crippen LogP contribution in [0.3, 0.4) is 0 Å². The van der Waals surface area contributed by atoms with Crippen molar-refractivity contribution in [2.75, 3.05) is 0 Å². The molecule has 0 fully saturated rings. The lowest BCUT2D eigenvalue weighted by Crippen LogP contribution is -2.09. The van der Waals surface area contributed by atoms with Crippen molar-refractivity contribution in [1.82, 2.24) is 0 Å². The monoisotopic (exact) mass is 182 g/mol. The Bertz CT molecular complexity index is 290. The fourth-order valence-corrected chi connectivity index (χ4v) is 1.02. The van der Waals surface area contributed by atoms with E-state index in [2.05, 4.69) is 0 Å². The molecule has 0 aliphatic heterocycles. The predicted molar refractivity (Wildman–Crippen MR) is 47.0 cm³/mol. The van der Waals surface area contributed by atoms with E-state index in [1.54, 1.807) is 6.92 Å². The minimum Gasteiger partial charge on any atom is -0.393 e. The lowest BCUT2D eigenvalue weighted by Gasteiger charge is -2.02. The molecule has 1 aromatic carbocycles. The summed E-state index contributed by atoms with van der Waals surface area (Å²) in [5.74, 6) is -0.538. The van der Waals surface area contributed by atoms with Gasteiger partial charge in [0.05, 0.1) is 6.10 Å². The van der Waals surface area contributed by atoms with Crippen LogP contribution in [-0.4, -0.2) is 17.0 Å². The third-order valence-electron chi connectivity index (χ3n) is 1.65. The van der Waals surface area contributed by atoms with Crippen LogP contribution in [-0.2, 0) is 0 Å². The van der Waals surface area contributed by atoms with E-state index >= 15 is 0 Å². The highest BCUT2D eigenvalue weighted by Crippen LogP contribution is 2.07. The molecule has 1 rings (SSSR count). The molecule has 0 radical (unpaired) electrons. The number of Topliss-reactive ketones (excluding diaryl/α,β-unsaturated/α-hetero) is 1. The van der Waals surface area contributed by atoms with E-state index in [0.717, 1.165) is 0 Å². The Balaban J connectivity index is 2.72. The van der Waals surface area contributed by atoms with Crippen molar-refractivity contribution in [3.05, 3.63) is 35.6 Å². The highest BCUT2D eigenvalue weighted by molar-refractivity contribution is 5.96. The van der Waals surface area contributed by atoms with Crippen LogP contribution >= 0.6 is 0 Å². The van der Waals surface area contributed by atoms with Gasteiger partial charge in [-0.3, -0.25) is 4.79 Å². The van der Waals surface area contributed by atoms with Gasteiger partial charge in [-0.2, -0.15) is 0 Å². The first-order chi connectivity index (χ1) is 6.09. The van der Waals surface area contributed by atoms with Crippen LogP contribution in [0.4, 0.5) is 4.39 Å². The summed E-state index contributed by atoms with van der Waals surface area (Å²) >= 11 is 0. The first-order valence-electron chi connectivity index (χ1n) is 4.06. The molecule has 0 amide bonds. The second-order valence-electron chi connectivity index (χ2n) is 2.98. The molecule has 0 unspecified atom stereocenters. The first kappa shape index (κ1) is 9.86. The number of hydrogen-bond donors (Lipinski definition) is 1. The number of halogens is 1. The summed E-state index contributed by atoms with van der Waals surface area (Å²) in [5.41, 5.74) is 0.433. The summed E-state index contributed by atoms with van der Waals surface area (Å²) in [6.07, 6.45) is -0.580. The van der Waals surface area contributed by atoms with E-state index in [9.17, 15) is 9.18 Å². The lowest BCUT2D eigenvalue weighted by atomic mass is 10.1. The molecule has 0 aromatic heterocycles. The zero-order valence-electron chi connectivity index (χ0n) is 7.33. The molecule has 0 aliphatic carbocycles. The number of aliphatic hydroxyl groups excluding tert-OH is 1. The molecule has 13 heavy (non-hydrogen) atoms. The summed E-state index contributed by atoms with van der Waals surface area (Å²) in [6.45, 7) is 1.54. The normalized spacial score (nSPS) is 12.5. The van der Waals surface area contributed by atoms with Crippen LogP contribution in [0.2, 0.25) is 0 Å². The zero-order valence-corrected chi connectivity index (χ0v) is 7.33. The van der Waals surface area contributed by atoms with Gasteiger partial charge in [-0.25, -0.2) is 4.39 Å². The average molecular weight is 182 g/mol. The molecule has 0 heterocycles. The van der Waals surface area contributed by atoms with Crippen LogP contribution in [0.5, 0.6) is 0 Å². The van der Waals surface area contributed by atoms with Crippen LogP contribution in [0.15, 0.2) is 24.3 Å². The maximum absolute atomic E-state index is 12.5. The van der Waals surface area contributed by atoms with Gasteiger partial charge in [0.15, 0.2) is 5.78 Å². The van der Waals surface area contributed by atoms with E-state index < -0.39 is 6.10 Å². The zero-order chi connectivity index (χ0) is 9.84. The van der Waals surface area contributed by atoms with Crippen molar-refractivity contribution in [3.63, 3.8) is 0 Å². The molecule has 3 heteroatoms. The Hall–Kier alpha value is -1.22. The van der Waals surface area contributed by atoms with Crippen LogP contribution < -0.4 is 0 Å². The molecular weight excluding hydrogens is 171 g/mol. The Morgan fingerprint density at radius 2 is 2.00 bits per heavy atom. The fourth-order valence-electron chi connectivity index (χ4n) is 1.02. The Labute approximate surface area is 76.0 Å². The first-order valence-corrected chi connectivity index (χ1v) is 4.06. The topological polar surface area (TPSA) is 37.3 Å². The number of rotatable bonds is 3. The molecule has 0 saturated carbocycles. The average Bonchev–Trinajstić information content (AvgIpc) is 2.04. The molecule has 70 valence electrons. The number of aliphatic hydroxyl groups is 1. The summed E-state index contributed by atoms with van der Waals surface area (Å²) in [7, 11) is 0. The van der Waals surface area contributed by atoms with Gasteiger partial charge in [-0.1, -0.05) is 0 Å². The van der Waals surface area contributed by atoms with Crippen LogP contribution in [0, 0.1) is 5.82 Å². The van der Waals surface area contributed by atoms with Crippen molar-refractivity contribution in [2.45, 2.75) is 19.4 Å². The molecule has 1 aromatic rings. The van der Waals surface area contributed by atoms with E-state index in [1.165, 1.54) is 24.3 Å². The quantitative estimate of drug-likeness (QED) is 0.723. The maximum atomic E-state index is 12.5. The molecule has 2 nitrogen and oxygen atoms in total. The highest BCUT2D eigenvalue weighted by Gasteiger charge is 2.08. The maximum Gasteiger partial charge on any atom is 0.165 e. The van der Waals surface area contributed by atoms with E-state index in [1.807, 2.05) is 0 Å². The minimum atomic E-state index is -0.655. The molecule has 0 aliphatic rings. The summed E-state index contributed by atoms with van der Waals surface area (Å²) in [6, 6.07) is 5.30. The lowest BCUT2D eigenvalue weighted by molar-refractivity contribution is 0.0901. The highest BCUT2D eigenvalue weighted by atomic mass is 19.1. The predicted octanol–water partition coefficient (Wildman–Crippen LogP) is 1.78. The van der Waals surface area contributed by atoms with Gasteiger partial charge in [0, 0.05) is 12.0 Å². The second kappa shape index (κ2) is 4.14. The number of carbonyl (C=O) groups excluding carboxylic acids is 1. The van der Waals surface area contributed by atoms with Crippen molar-refractivity contribution in [3.8, 4) is 0 Å². The molecular formula is C10H11FO2. The molecule has 0 saturated heterocycles. The van der Waals surface area contributed by atoms with Crippen molar-refractivity contribution < 1.29 is 14.3 Å². The van der Waals surface area contributed by atoms with Gasteiger partial charge in [0.2, 0.25) is 0 Å². The van der Waals surface area contributed by atoms with Crippen molar-refractivity contribution in [2.24, 2.45) is 0 Å². The Morgan fingerprint density at radius 3 is 2.46 bits per heavy atom. The van der Waals surface area contributed by atoms with Gasteiger partial charge in [-0.15, -0.1) is 0 Å². The van der Waals surface area contributed by atoms with Crippen LogP contribution in [0.1, 0.15) is 23.7 Å². The largest absolute Gasteiger partial charge is 0.393 e. The Morgan fingerprint density at radius 1 is 1.46 bits per heavy atom. The number of carbonyl (C=O) groups is 1. The number of benzene rings is 1. The van der Waals surface area contributed by atoms with Gasteiger partial charge in [0.25, 0.3) is 0 Å². The van der Waals surface area contributed by atoms with Crippen LogP contribution in [0.25, 0.3) is 0 Å². The van der Waals surface area contributed by atoms with E-state index in [0.29, 0.717) is 5.56 Å². The standard InChI is InChI=1S/C10H11FO2/c1-7(12)6-10(13)8-2-4-9(11)5-3-8/h2-5,7,12H,6H2,1H3/t7-/m0/s1. The van der Waals surface area contributed by atoms with Gasteiger partial charge in [-0.05, 0) is 31.2 Å². The summed E-state index contributed by atoms with van der Waals surface area (Å²) < 4.78 is 12.5. The van der Waals surface area contributed by atoms with Gasteiger partial charge >= 0.3 is 0 Å². The van der Waals surface area contributed by atoms with Gasteiger partial charge < -0.3 is 5.11 Å². The smallest absolute Gasteiger partial charge is 0.165 e. The third-order valence-corrected chi connectivity index (χ3v) is 1.65.